The number of carbonyl (C=O) groups is 1. The van der Waals surface area contributed by atoms with E-state index in [0.717, 1.165) is 22.5 Å². The fraction of sp³-hybridized carbons (Fsp3) is 0.120. The van der Waals surface area contributed by atoms with Gasteiger partial charge in [-0.3, -0.25) is 9.59 Å². The first-order valence-corrected chi connectivity index (χ1v) is 9.64. The second kappa shape index (κ2) is 7.87. The topological polar surface area (TPSA) is 62.6 Å². The number of anilines is 2. The van der Waals surface area contributed by atoms with Crippen molar-refractivity contribution in [2.45, 2.75) is 6.92 Å². The second-order valence-corrected chi connectivity index (χ2v) is 7.45. The van der Waals surface area contributed by atoms with Gasteiger partial charge in [0.25, 0.3) is 5.91 Å². The number of nitrogens with one attached hydrogen (secondary N) is 1. The molecular formula is C25H22N2O3. The van der Waals surface area contributed by atoms with E-state index in [2.05, 4.69) is 5.32 Å². The summed E-state index contributed by atoms with van der Waals surface area (Å²) in [6.07, 6.45) is 0. The van der Waals surface area contributed by atoms with Crippen molar-refractivity contribution in [3.05, 3.63) is 94.1 Å². The van der Waals surface area contributed by atoms with Crippen LogP contribution in [0.2, 0.25) is 0 Å². The van der Waals surface area contributed by atoms with Crippen LogP contribution in [0.1, 0.15) is 15.9 Å². The summed E-state index contributed by atoms with van der Waals surface area (Å²) in [5, 5.41) is 3.46. The lowest BCUT2D eigenvalue weighted by Gasteiger charge is -2.13. The van der Waals surface area contributed by atoms with Gasteiger partial charge in [0, 0.05) is 42.7 Å². The standard InChI is InChI=1S/C25H22N2O3/c1-16-4-13-23-21(14-16)22(28)15-24(30-23)17-5-7-18(8-6-17)25(29)26-19-9-11-20(12-10-19)27(2)3/h4-15H,1-3H3,(H,26,29). The molecule has 0 saturated carbocycles. The third-order valence-corrected chi connectivity index (χ3v) is 4.96. The van der Waals surface area contributed by atoms with Crippen molar-refractivity contribution >= 4 is 28.3 Å². The van der Waals surface area contributed by atoms with Crippen molar-refractivity contribution in [1.82, 2.24) is 0 Å². The summed E-state index contributed by atoms with van der Waals surface area (Å²) >= 11 is 0. The van der Waals surface area contributed by atoms with Gasteiger partial charge >= 0.3 is 0 Å². The minimum atomic E-state index is -0.199. The fourth-order valence-electron chi connectivity index (χ4n) is 3.24. The van der Waals surface area contributed by atoms with Gasteiger partial charge in [0.2, 0.25) is 0 Å². The average molecular weight is 398 g/mol. The van der Waals surface area contributed by atoms with Gasteiger partial charge in [0.05, 0.1) is 5.39 Å². The summed E-state index contributed by atoms with van der Waals surface area (Å²) in [5.74, 6) is 0.275. The highest BCUT2D eigenvalue weighted by atomic mass is 16.3. The predicted molar refractivity (Wildman–Crippen MR) is 121 cm³/mol. The molecule has 0 spiro atoms. The van der Waals surface area contributed by atoms with E-state index < -0.39 is 0 Å². The van der Waals surface area contributed by atoms with Gasteiger partial charge in [-0.25, -0.2) is 0 Å². The Bertz CT molecular complexity index is 1270. The van der Waals surface area contributed by atoms with Crippen molar-refractivity contribution in [1.29, 1.82) is 0 Å². The molecule has 150 valence electrons. The molecule has 4 rings (SSSR count). The van der Waals surface area contributed by atoms with Crippen molar-refractivity contribution in [3.63, 3.8) is 0 Å². The highest BCUT2D eigenvalue weighted by Crippen LogP contribution is 2.23. The third-order valence-electron chi connectivity index (χ3n) is 4.96. The molecule has 0 aliphatic carbocycles. The molecule has 0 aliphatic heterocycles. The van der Waals surface area contributed by atoms with Crippen molar-refractivity contribution < 1.29 is 9.21 Å². The number of aryl methyl sites for hydroxylation is 1. The Kier molecular flexibility index (Phi) is 5.11. The Hall–Kier alpha value is -3.86. The monoisotopic (exact) mass is 398 g/mol. The Morgan fingerprint density at radius 2 is 1.60 bits per heavy atom. The zero-order chi connectivity index (χ0) is 21.3. The summed E-state index contributed by atoms with van der Waals surface area (Å²) in [6, 6.07) is 21.7. The lowest BCUT2D eigenvalue weighted by atomic mass is 10.1. The Balaban J connectivity index is 1.55. The van der Waals surface area contributed by atoms with Gasteiger partial charge in [-0.05, 0) is 55.5 Å². The van der Waals surface area contributed by atoms with Crippen LogP contribution in [0.25, 0.3) is 22.3 Å². The first-order chi connectivity index (χ1) is 14.4. The molecule has 0 saturated heterocycles. The number of amides is 1. The van der Waals surface area contributed by atoms with E-state index in [-0.39, 0.29) is 11.3 Å². The lowest BCUT2D eigenvalue weighted by Crippen LogP contribution is -2.12. The maximum Gasteiger partial charge on any atom is 0.255 e. The smallest absolute Gasteiger partial charge is 0.255 e. The molecule has 3 aromatic carbocycles. The van der Waals surface area contributed by atoms with Crippen LogP contribution in [0, 0.1) is 6.92 Å². The number of carbonyl (C=O) groups excluding carboxylic acids is 1. The second-order valence-electron chi connectivity index (χ2n) is 7.45. The summed E-state index contributed by atoms with van der Waals surface area (Å²) in [7, 11) is 3.93. The van der Waals surface area contributed by atoms with Gasteiger partial charge in [-0.15, -0.1) is 0 Å². The van der Waals surface area contributed by atoms with E-state index in [1.54, 1.807) is 30.3 Å². The molecule has 0 unspecified atom stereocenters. The summed E-state index contributed by atoms with van der Waals surface area (Å²) < 4.78 is 5.91. The molecule has 30 heavy (non-hydrogen) atoms. The van der Waals surface area contributed by atoms with Crippen molar-refractivity contribution in [2.75, 3.05) is 24.3 Å². The Labute approximate surface area is 174 Å². The van der Waals surface area contributed by atoms with Crippen molar-refractivity contribution in [2.24, 2.45) is 0 Å². The maximum atomic E-state index is 12.5. The van der Waals surface area contributed by atoms with Crippen LogP contribution in [0.5, 0.6) is 0 Å². The highest BCUT2D eigenvalue weighted by Gasteiger charge is 2.10. The number of hydrogen-bond donors (Lipinski definition) is 1. The molecule has 1 amide bonds. The molecule has 0 bridgehead atoms. The lowest BCUT2D eigenvalue weighted by molar-refractivity contribution is 0.102. The molecule has 1 heterocycles. The van der Waals surface area contributed by atoms with E-state index in [1.807, 2.05) is 62.3 Å². The van der Waals surface area contributed by atoms with E-state index in [0.29, 0.717) is 22.3 Å². The zero-order valence-electron chi connectivity index (χ0n) is 17.1. The first-order valence-electron chi connectivity index (χ1n) is 9.64. The quantitative estimate of drug-likeness (QED) is 0.520. The maximum absolute atomic E-state index is 12.5. The molecule has 1 aromatic heterocycles. The van der Waals surface area contributed by atoms with Crippen LogP contribution in [0.15, 0.2) is 82.0 Å². The van der Waals surface area contributed by atoms with E-state index >= 15 is 0 Å². The molecule has 1 N–H and O–H groups in total. The highest BCUT2D eigenvalue weighted by molar-refractivity contribution is 6.04. The van der Waals surface area contributed by atoms with Crippen molar-refractivity contribution in [3.8, 4) is 11.3 Å². The third kappa shape index (κ3) is 3.96. The number of hydrogen-bond acceptors (Lipinski definition) is 4. The molecule has 0 fully saturated rings. The minimum Gasteiger partial charge on any atom is -0.456 e. The number of fused-ring (bicyclic) bond motifs is 1. The van der Waals surface area contributed by atoms with Gasteiger partial charge < -0.3 is 14.6 Å². The molecule has 0 atom stereocenters. The van der Waals surface area contributed by atoms with E-state index in [4.69, 9.17) is 4.42 Å². The average Bonchev–Trinajstić information content (AvgIpc) is 2.74. The number of nitrogens with zero attached hydrogens (tertiary/aromatic N) is 1. The van der Waals surface area contributed by atoms with Gasteiger partial charge in [0.1, 0.15) is 11.3 Å². The Morgan fingerprint density at radius 1 is 0.900 bits per heavy atom. The van der Waals surface area contributed by atoms with E-state index in [9.17, 15) is 9.59 Å². The van der Waals surface area contributed by atoms with Gasteiger partial charge in [-0.1, -0.05) is 23.8 Å². The van der Waals surface area contributed by atoms with Crippen LogP contribution in [-0.4, -0.2) is 20.0 Å². The number of benzene rings is 3. The summed E-state index contributed by atoms with van der Waals surface area (Å²) in [6.45, 7) is 1.94. The minimum absolute atomic E-state index is 0.0852. The molecule has 0 aliphatic rings. The van der Waals surface area contributed by atoms with Crippen LogP contribution < -0.4 is 15.6 Å². The molecule has 5 heteroatoms. The van der Waals surface area contributed by atoms with E-state index in [1.165, 1.54) is 6.07 Å². The van der Waals surface area contributed by atoms with Crippen LogP contribution in [0.3, 0.4) is 0 Å². The number of rotatable bonds is 4. The summed E-state index contributed by atoms with van der Waals surface area (Å²) in [4.78, 5) is 27.0. The molecule has 5 nitrogen and oxygen atoms in total. The first kappa shape index (κ1) is 19.5. The molecular weight excluding hydrogens is 376 g/mol. The van der Waals surface area contributed by atoms with Crippen LogP contribution >= 0.6 is 0 Å². The van der Waals surface area contributed by atoms with Gasteiger partial charge in [0.15, 0.2) is 5.43 Å². The van der Waals surface area contributed by atoms with Gasteiger partial charge in [-0.2, -0.15) is 0 Å². The zero-order valence-corrected chi connectivity index (χ0v) is 17.1. The largest absolute Gasteiger partial charge is 0.456 e. The van der Waals surface area contributed by atoms with Crippen LogP contribution in [0.4, 0.5) is 11.4 Å². The normalized spacial score (nSPS) is 10.8. The molecule has 4 aromatic rings. The fourth-order valence-corrected chi connectivity index (χ4v) is 3.24. The Morgan fingerprint density at radius 3 is 2.27 bits per heavy atom. The summed E-state index contributed by atoms with van der Waals surface area (Å²) in [5.41, 5.74) is 4.52. The predicted octanol–water partition coefficient (Wildman–Crippen LogP) is 5.09. The molecule has 0 radical (unpaired) electrons. The SMILES string of the molecule is Cc1ccc2oc(-c3ccc(C(=O)Nc4ccc(N(C)C)cc4)cc3)cc(=O)c2c1. The van der Waals surface area contributed by atoms with Crippen LogP contribution in [-0.2, 0) is 0 Å².